The van der Waals surface area contributed by atoms with Gasteiger partial charge in [0.25, 0.3) is 0 Å². The first kappa shape index (κ1) is 11.2. The molecule has 0 amide bonds. The van der Waals surface area contributed by atoms with Crippen LogP contribution in [0.1, 0.15) is 27.0 Å². The van der Waals surface area contributed by atoms with E-state index in [9.17, 15) is 4.79 Å². The van der Waals surface area contributed by atoms with Crippen LogP contribution in [0.3, 0.4) is 0 Å². The van der Waals surface area contributed by atoms with Gasteiger partial charge in [-0.1, -0.05) is 0 Å². The zero-order valence-corrected chi connectivity index (χ0v) is 8.70. The number of hydrogen-bond donors (Lipinski definition) is 1. The molecule has 0 aliphatic heterocycles. The minimum atomic E-state index is -0.445. The minimum Gasteiger partial charge on any atom is -0.465 e. The SMILES string of the molecule is COC(=O)c1cc(CN)cc(C#N)c1C. The molecule has 0 heterocycles. The zero-order chi connectivity index (χ0) is 11.4. The van der Waals surface area contributed by atoms with E-state index in [0.29, 0.717) is 23.2 Å². The van der Waals surface area contributed by atoms with Gasteiger partial charge in [-0.05, 0) is 30.2 Å². The van der Waals surface area contributed by atoms with Gasteiger partial charge in [0.2, 0.25) is 0 Å². The first-order chi connectivity index (χ1) is 7.13. The first-order valence-corrected chi connectivity index (χ1v) is 4.46. The lowest BCUT2D eigenvalue weighted by atomic mass is 9.99. The standard InChI is InChI=1S/C11H12N2O2/c1-7-9(6-13)3-8(5-12)4-10(7)11(14)15-2/h3-4H,5,12H2,1-2H3. The number of nitrogens with two attached hydrogens (primary N) is 1. The lowest BCUT2D eigenvalue weighted by Crippen LogP contribution is -2.08. The monoisotopic (exact) mass is 204 g/mol. The third kappa shape index (κ3) is 2.14. The third-order valence-electron chi connectivity index (χ3n) is 2.23. The number of ether oxygens (including phenoxy) is 1. The molecule has 0 radical (unpaired) electrons. The van der Waals surface area contributed by atoms with Gasteiger partial charge in [-0.25, -0.2) is 4.79 Å². The molecule has 15 heavy (non-hydrogen) atoms. The van der Waals surface area contributed by atoms with E-state index in [0.717, 1.165) is 5.56 Å². The number of nitriles is 1. The molecular weight excluding hydrogens is 192 g/mol. The van der Waals surface area contributed by atoms with Crippen molar-refractivity contribution in [2.24, 2.45) is 5.73 Å². The largest absolute Gasteiger partial charge is 0.465 e. The molecule has 0 saturated carbocycles. The van der Waals surface area contributed by atoms with Crippen molar-refractivity contribution in [2.45, 2.75) is 13.5 Å². The molecular formula is C11H12N2O2. The molecule has 1 rings (SSSR count). The second kappa shape index (κ2) is 4.58. The van der Waals surface area contributed by atoms with E-state index >= 15 is 0 Å². The van der Waals surface area contributed by atoms with Crippen LogP contribution in [0.2, 0.25) is 0 Å². The Morgan fingerprint density at radius 3 is 2.73 bits per heavy atom. The minimum absolute atomic E-state index is 0.291. The highest BCUT2D eigenvalue weighted by Crippen LogP contribution is 2.17. The van der Waals surface area contributed by atoms with Crippen LogP contribution in [0.25, 0.3) is 0 Å². The average molecular weight is 204 g/mol. The lowest BCUT2D eigenvalue weighted by molar-refractivity contribution is 0.0599. The van der Waals surface area contributed by atoms with Crippen LogP contribution in [0.5, 0.6) is 0 Å². The molecule has 78 valence electrons. The maximum Gasteiger partial charge on any atom is 0.338 e. The van der Waals surface area contributed by atoms with Crippen molar-refractivity contribution < 1.29 is 9.53 Å². The Bertz CT molecular complexity index is 433. The molecule has 0 atom stereocenters. The number of nitrogens with zero attached hydrogens (tertiary/aromatic N) is 1. The van der Waals surface area contributed by atoms with Gasteiger partial charge in [0.1, 0.15) is 0 Å². The van der Waals surface area contributed by atoms with E-state index in [-0.39, 0.29) is 0 Å². The van der Waals surface area contributed by atoms with Crippen molar-refractivity contribution in [1.29, 1.82) is 5.26 Å². The molecule has 0 aliphatic rings. The van der Waals surface area contributed by atoms with Gasteiger partial charge in [0, 0.05) is 6.54 Å². The number of benzene rings is 1. The number of esters is 1. The molecule has 0 spiro atoms. The molecule has 4 heteroatoms. The highest BCUT2D eigenvalue weighted by atomic mass is 16.5. The maximum absolute atomic E-state index is 11.4. The van der Waals surface area contributed by atoms with Crippen LogP contribution >= 0.6 is 0 Å². The van der Waals surface area contributed by atoms with Gasteiger partial charge in [-0.3, -0.25) is 0 Å². The topological polar surface area (TPSA) is 76.1 Å². The quantitative estimate of drug-likeness (QED) is 0.732. The first-order valence-electron chi connectivity index (χ1n) is 4.46. The molecule has 1 aromatic rings. The van der Waals surface area contributed by atoms with E-state index in [4.69, 9.17) is 11.0 Å². The summed E-state index contributed by atoms with van der Waals surface area (Å²) in [7, 11) is 1.31. The molecule has 0 unspecified atom stereocenters. The maximum atomic E-state index is 11.4. The van der Waals surface area contributed by atoms with Gasteiger partial charge in [0.05, 0.1) is 24.3 Å². The van der Waals surface area contributed by atoms with Crippen molar-refractivity contribution in [3.63, 3.8) is 0 Å². The summed E-state index contributed by atoms with van der Waals surface area (Å²) >= 11 is 0. The molecule has 0 aliphatic carbocycles. The van der Waals surface area contributed by atoms with Gasteiger partial charge in [0.15, 0.2) is 0 Å². The number of rotatable bonds is 2. The fraction of sp³-hybridized carbons (Fsp3) is 0.273. The van der Waals surface area contributed by atoms with Crippen molar-refractivity contribution in [1.82, 2.24) is 0 Å². The summed E-state index contributed by atoms with van der Waals surface area (Å²) in [4.78, 5) is 11.4. The van der Waals surface area contributed by atoms with Crippen LogP contribution in [0.4, 0.5) is 0 Å². The van der Waals surface area contributed by atoms with Crippen LogP contribution in [-0.2, 0) is 11.3 Å². The fourth-order valence-corrected chi connectivity index (χ4v) is 1.33. The van der Waals surface area contributed by atoms with E-state index in [2.05, 4.69) is 4.74 Å². The number of methoxy groups -OCH3 is 1. The van der Waals surface area contributed by atoms with Crippen LogP contribution in [-0.4, -0.2) is 13.1 Å². The number of hydrogen-bond acceptors (Lipinski definition) is 4. The van der Waals surface area contributed by atoms with Gasteiger partial charge in [-0.2, -0.15) is 5.26 Å². The number of carbonyl (C=O) groups is 1. The molecule has 0 aromatic heterocycles. The highest BCUT2D eigenvalue weighted by molar-refractivity contribution is 5.91. The van der Waals surface area contributed by atoms with Crippen LogP contribution in [0.15, 0.2) is 12.1 Å². The van der Waals surface area contributed by atoms with Crippen LogP contribution in [0, 0.1) is 18.3 Å². The van der Waals surface area contributed by atoms with Gasteiger partial charge in [-0.15, -0.1) is 0 Å². The Labute approximate surface area is 88.3 Å². The van der Waals surface area contributed by atoms with Crippen molar-refractivity contribution in [3.8, 4) is 6.07 Å². The van der Waals surface area contributed by atoms with Crippen LogP contribution < -0.4 is 5.73 Å². The highest BCUT2D eigenvalue weighted by Gasteiger charge is 2.13. The Hall–Kier alpha value is -1.86. The van der Waals surface area contributed by atoms with Crippen molar-refractivity contribution >= 4 is 5.97 Å². The Kier molecular flexibility index (Phi) is 3.42. The summed E-state index contributed by atoms with van der Waals surface area (Å²) in [5, 5.41) is 8.87. The van der Waals surface area contributed by atoms with Crippen molar-refractivity contribution in [3.05, 3.63) is 34.4 Å². The summed E-state index contributed by atoms with van der Waals surface area (Å²) in [5.74, 6) is -0.445. The van der Waals surface area contributed by atoms with Crippen molar-refractivity contribution in [2.75, 3.05) is 7.11 Å². The van der Waals surface area contributed by atoms with E-state index in [1.807, 2.05) is 6.07 Å². The fourth-order valence-electron chi connectivity index (χ4n) is 1.33. The molecule has 0 bridgehead atoms. The summed E-state index contributed by atoms with van der Waals surface area (Å²) in [6, 6.07) is 5.36. The molecule has 1 aromatic carbocycles. The van der Waals surface area contributed by atoms with E-state index in [1.54, 1.807) is 19.1 Å². The van der Waals surface area contributed by atoms with E-state index in [1.165, 1.54) is 7.11 Å². The Morgan fingerprint density at radius 1 is 1.60 bits per heavy atom. The smallest absolute Gasteiger partial charge is 0.338 e. The number of carbonyl (C=O) groups excluding carboxylic acids is 1. The average Bonchev–Trinajstić information content (AvgIpc) is 2.28. The van der Waals surface area contributed by atoms with Gasteiger partial charge >= 0.3 is 5.97 Å². The van der Waals surface area contributed by atoms with E-state index < -0.39 is 5.97 Å². The Morgan fingerprint density at radius 2 is 2.27 bits per heavy atom. The molecule has 2 N–H and O–H groups in total. The summed E-state index contributed by atoms with van der Waals surface area (Å²) < 4.78 is 4.63. The summed E-state index contributed by atoms with van der Waals surface area (Å²) in [6.45, 7) is 2.00. The summed E-state index contributed by atoms with van der Waals surface area (Å²) in [5.41, 5.74) is 7.70. The molecule has 0 saturated heterocycles. The Balaban J connectivity index is 3.38. The molecule has 0 fully saturated rings. The second-order valence-corrected chi connectivity index (χ2v) is 3.12. The zero-order valence-electron chi connectivity index (χ0n) is 8.70. The normalized spacial score (nSPS) is 9.47. The second-order valence-electron chi connectivity index (χ2n) is 3.12. The predicted molar refractivity (Wildman–Crippen MR) is 55.1 cm³/mol. The van der Waals surface area contributed by atoms with Gasteiger partial charge < -0.3 is 10.5 Å². The predicted octanol–water partition coefficient (Wildman–Crippen LogP) is 1.11. The molecule has 4 nitrogen and oxygen atoms in total. The third-order valence-corrected chi connectivity index (χ3v) is 2.23. The lowest BCUT2D eigenvalue weighted by Gasteiger charge is -2.07. The summed E-state index contributed by atoms with van der Waals surface area (Å²) in [6.07, 6.45) is 0.